The molecular weight excluding hydrogens is 330 g/mol. The molecule has 0 bridgehead atoms. The number of benzene rings is 1. The van der Waals surface area contributed by atoms with Crippen molar-refractivity contribution in [3.63, 3.8) is 0 Å². The lowest BCUT2D eigenvalue weighted by Gasteiger charge is -2.11. The van der Waals surface area contributed by atoms with E-state index in [1.165, 1.54) is 11.8 Å². The second kappa shape index (κ2) is 8.22. The van der Waals surface area contributed by atoms with Crippen LogP contribution in [0.3, 0.4) is 0 Å². The summed E-state index contributed by atoms with van der Waals surface area (Å²) in [6.45, 7) is 2.23. The highest BCUT2D eigenvalue weighted by molar-refractivity contribution is 9.10. The van der Waals surface area contributed by atoms with Crippen molar-refractivity contribution in [3.8, 4) is 0 Å². The second-order valence-corrected chi connectivity index (χ2v) is 6.33. The van der Waals surface area contributed by atoms with Crippen LogP contribution in [0.25, 0.3) is 0 Å². The van der Waals surface area contributed by atoms with Gasteiger partial charge in [0.25, 0.3) is 0 Å². The number of nitrogens with one attached hydrogen (secondary N) is 1. The predicted molar refractivity (Wildman–Crippen MR) is 79.3 cm³/mol. The summed E-state index contributed by atoms with van der Waals surface area (Å²) in [4.78, 5) is 23.1. The Bertz CT molecular complexity index is 436. The zero-order valence-corrected chi connectivity index (χ0v) is 13.0. The van der Waals surface area contributed by atoms with Crippen LogP contribution in [0.1, 0.15) is 19.8 Å². The molecule has 0 spiro atoms. The highest BCUT2D eigenvalue weighted by atomic mass is 79.9. The minimum absolute atomic E-state index is 0.0710. The molecule has 0 saturated carbocycles. The van der Waals surface area contributed by atoms with Gasteiger partial charge in [-0.3, -0.25) is 9.59 Å². The normalized spacial score (nSPS) is 11.9. The first-order valence-electron chi connectivity index (χ1n) is 5.91. The minimum atomic E-state index is -0.841. The second-order valence-electron chi connectivity index (χ2n) is 4.00. The van der Waals surface area contributed by atoms with E-state index in [1.807, 2.05) is 31.2 Å². The average Bonchev–Trinajstić information content (AvgIpc) is 2.36. The number of hydrogen-bond donors (Lipinski definition) is 2. The Kier molecular flexibility index (Phi) is 6.94. The fourth-order valence-electron chi connectivity index (χ4n) is 1.37. The Morgan fingerprint density at radius 1 is 1.37 bits per heavy atom. The Morgan fingerprint density at radius 3 is 2.58 bits per heavy atom. The first-order valence-corrected chi connectivity index (χ1v) is 7.58. The molecule has 0 radical (unpaired) electrons. The van der Waals surface area contributed by atoms with Gasteiger partial charge in [0.05, 0.1) is 5.25 Å². The molecule has 1 aromatic carbocycles. The van der Waals surface area contributed by atoms with Gasteiger partial charge in [-0.05, 0) is 37.6 Å². The molecule has 104 valence electrons. The maximum absolute atomic E-state index is 11.8. The minimum Gasteiger partial charge on any atom is -0.481 e. The van der Waals surface area contributed by atoms with E-state index in [2.05, 4.69) is 21.2 Å². The monoisotopic (exact) mass is 345 g/mol. The summed E-state index contributed by atoms with van der Waals surface area (Å²) < 4.78 is 1.00. The lowest BCUT2D eigenvalue weighted by molar-refractivity contribution is -0.137. The molecule has 0 aliphatic rings. The Hall–Kier alpha value is -1.01. The van der Waals surface area contributed by atoms with Crippen LogP contribution in [0, 0.1) is 0 Å². The first-order chi connectivity index (χ1) is 8.99. The van der Waals surface area contributed by atoms with Crippen molar-refractivity contribution in [2.24, 2.45) is 0 Å². The SMILES string of the molecule is CC(Sc1ccc(Br)cc1)C(=O)NCCCC(=O)O. The average molecular weight is 346 g/mol. The standard InChI is InChI=1S/C13H16BrNO3S/c1-9(13(18)15-8-2-3-12(16)17)19-11-6-4-10(14)5-7-11/h4-7,9H,2-3,8H2,1H3,(H,15,18)(H,16,17). The number of halogens is 1. The highest BCUT2D eigenvalue weighted by Gasteiger charge is 2.13. The van der Waals surface area contributed by atoms with Gasteiger partial charge >= 0.3 is 5.97 Å². The summed E-state index contributed by atoms with van der Waals surface area (Å²) in [6, 6.07) is 7.76. The number of aliphatic carboxylic acids is 1. The molecule has 1 amide bonds. The third kappa shape index (κ3) is 6.63. The van der Waals surface area contributed by atoms with Crippen LogP contribution in [-0.2, 0) is 9.59 Å². The van der Waals surface area contributed by atoms with Crippen LogP contribution in [0.4, 0.5) is 0 Å². The Morgan fingerprint density at radius 2 is 2.00 bits per heavy atom. The van der Waals surface area contributed by atoms with E-state index in [0.29, 0.717) is 13.0 Å². The largest absolute Gasteiger partial charge is 0.481 e. The highest BCUT2D eigenvalue weighted by Crippen LogP contribution is 2.24. The smallest absolute Gasteiger partial charge is 0.303 e. The van der Waals surface area contributed by atoms with Crippen LogP contribution in [-0.4, -0.2) is 28.8 Å². The summed E-state index contributed by atoms with van der Waals surface area (Å²) in [6.07, 6.45) is 0.533. The first kappa shape index (κ1) is 16.0. The van der Waals surface area contributed by atoms with Gasteiger partial charge in [0, 0.05) is 22.3 Å². The summed E-state index contributed by atoms with van der Waals surface area (Å²) in [5.74, 6) is -0.912. The van der Waals surface area contributed by atoms with Crippen molar-refractivity contribution in [3.05, 3.63) is 28.7 Å². The number of rotatable bonds is 7. The zero-order chi connectivity index (χ0) is 14.3. The molecule has 0 aromatic heterocycles. The van der Waals surface area contributed by atoms with E-state index >= 15 is 0 Å². The number of carbonyl (C=O) groups is 2. The molecule has 0 aliphatic carbocycles. The van der Waals surface area contributed by atoms with Gasteiger partial charge in [0.2, 0.25) is 5.91 Å². The number of thioether (sulfide) groups is 1. The lowest BCUT2D eigenvalue weighted by atomic mass is 10.3. The van der Waals surface area contributed by atoms with Crippen molar-refractivity contribution in [2.75, 3.05) is 6.54 Å². The molecule has 0 heterocycles. The number of hydrogen-bond acceptors (Lipinski definition) is 3. The maximum atomic E-state index is 11.8. The van der Waals surface area contributed by atoms with Crippen molar-refractivity contribution >= 4 is 39.6 Å². The van der Waals surface area contributed by atoms with Gasteiger partial charge in [-0.2, -0.15) is 0 Å². The summed E-state index contributed by atoms with van der Waals surface area (Å²) in [5, 5.41) is 11.0. The van der Waals surface area contributed by atoms with E-state index in [0.717, 1.165) is 9.37 Å². The zero-order valence-electron chi connectivity index (χ0n) is 10.6. The van der Waals surface area contributed by atoms with Crippen LogP contribution < -0.4 is 5.32 Å². The summed E-state index contributed by atoms with van der Waals surface area (Å²) in [5.41, 5.74) is 0. The lowest BCUT2D eigenvalue weighted by Crippen LogP contribution is -2.31. The van der Waals surface area contributed by atoms with E-state index in [4.69, 9.17) is 5.11 Å². The van der Waals surface area contributed by atoms with E-state index in [9.17, 15) is 9.59 Å². The molecule has 1 aromatic rings. The molecule has 1 atom stereocenters. The van der Waals surface area contributed by atoms with Crippen LogP contribution >= 0.6 is 27.7 Å². The van der Waals surface area contributed by atoms with E-state index in [-0.39, 0.29) is 17.6 Å². The van der Waals surface area contributed by atoms with Gasteiger partial charge in [0.15, 0.2) is 0 Å². The molecular formula is C13H16BrNO3S. The van der Waals surface area contributed by atoms with E-state index < -0.39 is 5.97 Å². The van der Waals surface area contributed by atoms with Crippen molar-refractivity contribution in [1.29, 1.82) is 0 Å². The van der Waals surface area contributed by atoms with Crippen molar-refractivity contribution in [2.45, 2.75) is 29.9 Å². The third-order valence-electron chi connectivity index (χ3n) is 2.36. The van der Waals surface area contributed by atoms with Crippen LogP contribution in [0.15, 0.2) is 33.6 Å². The quantitative estimate of drug-likeness (QED) is 0.589. The Labute approximate surface area is 125 Å². The maximum Gasteiger partial charge on any atom is 0.303 e. The molecule has 0 fully saturated rings. The topological polar surface area (TPSA) is 66.4 Å². The van der Waals surface area contributed by atoms with E-state index in [1.54, 1.807) is 0 Å². The summed E-state index contributed by atoms with van der Waals surface area (Å²) >= 11 is 4.83. The fraction of sp³-hybridized carbons (Fsp3) is 0.385. The van der Waals surface area contributed by atoms with Gasteiger partial charge in [-0.1, -0.05) is 15.9 Å². The molecule has 1 rings (SSSR count). The third-order valence-corrected chi connectivity index (χ3v) is 4.00. The van der Waals surface area contributed by atoms with Crippen LogP contribution in [0.5, 0.6) is 0 Å². The molecule has 6 heteroatoms. The van der Waals surface area contributed by atoms with Crippen molar-refractivity contribution < 1.29 is 14.7 Å². The van der Waals surface area contributed by atoms with Crippen LogP contribution in [0.2, 0.25) is 0 Å². The number of amides is 1. The Balaban J connectivity index is 2.32. The van der Waals surface area contributed by atoms with Gasteiger partial charge in [-0.15, -0.1) is 11.8 Å². The molecule has 0 aliphatic heterocycles. The molecule has 19 heavy (non-hydrogen) atoms. The van der Waals surface area contributed by atoms with Gasteiger partial charge < -0.3 is 10.4 Å². The van der Waals surface area contributed by atoms with Crippen molar-refractivity contribution in [1.82, 2.24) is 5.32 Å². The van der Waals surface area contributed by atoms with Gasteiger partial charge in [0.1, 0.15) is 0 Å². The fourth-order valence-corrected chi connectivity index (χ4v) is 2.52. The molecule has 2 N–H and O–H groups in total. The predicted octanol–water partition coefficient (Wildman–Crippen LogP) is 2.91. The van der Waals surface area contributed by atoms with Gasteiger partial charge in [-0.25, -0.2) is 0 Å². The number of carbonyl (C=O) groups excluding carboxylic acids is 1. The molecule has 1 unspecified atom stereocenters. The molecule has 4 nitrogen and oxygen atoms in total. The summed E-state index contributed by atoms with van der Waals surface area (Å²) in [7, 11) is 0. The number of carboxylic acids is 1. The number of carboxylic acid groups (broad SMARTS) is 1. The molecule has 0 saturated heterocycles.